The highest BCUT2D eigenvalue weighted by molar-refractivity contribution is 8.00. The molecular weight excluding hydrogens is 284 g/mol. The fourth-order valence-corrected chi connectivity index (χ4v) is 3.67. The zero-order valence-electron chi connectivity index (χ0n) is 12.9. The number of methoxy groups -OCH3 is 1. The average Bonchev–Trinajstić information content (AvgIpc) is 2.92. The number of urea groups is 1. The van der Waals surface area contributed by atoms with Gasteiger partial charge in [0, 0.05) is 24.1 Å². The lowest BCUT2D eigenvalue weighted by molar-refractivity contribution is 0.119. The fraction of sp³-hybridized carbons (Fsp3) is 0.562. The highest BCUT2D eigenvalue weighted by Gasteiger charge is 2.29. The highest BCUT2D eigenvalue weighted by atomic mass is 32.2. The number of ether oxygens (including phenoxy) is 1. The summed E-state index contributed by atoms with van der Waals surface area (Å²) in [5.74, 6) is 1.19. The van der Waals surface area contributed by atoms with E-state index in [-0.39, 0.29) is 16.9 Å². The number of thioether (sulfide) groups is 1. The van der Waals surface area contributed by atoms with E-state index in [9.17, 15) is 4.79 Å². The first-order chi connectivity index (χ1) is 10.0. The minimum Gasteiger partial charge on any atom is -0.377 e. The first-order valence-electron chi connectivity index (χ1n) is 7.34. The van der Waals surface area contributed by atoms with E-state index in [0.29, 0.717) is 6.54 Å². The summed E-state index contributed by atoms with van der Waals surface area (Å²) in [6, 6.07) is 7.60. The Labute approximate surface area is 131 Å². The molecule has 116 valence electrons. The van der Waals surface area contributed by atoms with E-state index in [0.717, 1.165) is 11.3 Å². The molecule has 1 saturated heterocycles. The number of carbonyl (C=O) groups is 1. The van der Waals surface area contributed by atoms with Crippen LogP contribution in [0.4, 0.5) is 10.5 Å². The molecule has 2 amide bonds. The maximum Gasteiger partial charge on any atom is 0.319 e. The van der Waals surface area contributed by atoms with Crippen molar-refractivity contribution >= 4 is 23.5 Å². The molecule has 2 atom stereocenters. The quantitative estimate of drug-likeness (QED) is 0.870. The van der Waals surface area contributed by atoms with Gasteiger partial charge in [0.05, 0.1) is 6.10 Å². The van der Waals surface area contributed by atoms with Gasteiger partial charge in [0.15, 0.2) is 0 Å². The SMILES string of the molecule is CO[C@@H](C)c1cccc(NC(=O)NC[C@]2(C)CCCS2)c1. The van der Waals surface area contributed by atoms with Crippen molar-refractivity contribution in [2.75, 3.05) is 24.7 Å². The van der Waals surface area contributed by atoms with Crippen LogP contribution in [-0.4, -0.2) is 30.2 Å². The molecule has 0 unspecified atom stereocenters. The molecule has 1 aliphatic rings. The minimum absolute atomic E-state index is 0.0172. The summed E-state index contributed by atoms with van der Waals surface area (Å²) in [6.07, 6.45) is 2.42. The maximum atomic E-state index is 12.0. The topological polar surface area (TPSA) is 50.4 Å². The number of hydrogen-bond donors (Lipinski definition) is 2. The average molecular weight is 308 g/mol. The second kappa shape index (κ2) is 7.18. The first-order valence-corrected chi connectivity index (χ1v) is 8.32. The summed E-state index contributed by atoms with van der Waals surface area (Å²) in [7, 11) is 1.68. The van der Waals surface area contributed by atoms with Crippen LogP contribution in [0.3, 0.4) is 0 Å². The molecule has 0 aliphatic carbocycles. The number of benzene rings is 1. The van der Waals surface area contributed by atoms with Crippen LogP contribution in [0.2, 0.25) is 0 Å². The Morgan fingerprint density at radius 3 is 3.00 bits per heavy atom. The number of amides is 2. The lowest BCUT2D eigenvalue weighted by Crippen LogP contribution is -2.39. The maximum absolute atomic E-state index is 12.0. The molecule has 0 spiro atoms. The molecule has 1 heterocycles. The molecule has 1 aliphatic heterocycles. The van der Waals surface area contributed by atoms with Crippen molar-refractivity contribution in [3.05, 3.63) is 29.8 Å². The van der Waals surface area contributed by atoms with Gasteiger partial charge in [-0.25, -0.2) is 4.79 Å². The largest absolute Gasteiger partial charge is 0.377 e. The van der Waals surface area contributed by atoms with Gasteiger partial charge in [-0.2, -0.15) is 11.8 Å². The van der Waals surface area contributed by atoms with Crippen LogP contribution < -0.4 is 10.6 Å². The van der Waals surface area contributed by atoms with Crippen LogP contribution in [0.1, 0.15) is 38.4 Å². The van der Waals surface area contributed by atoms with E-state index >= 15 is 0 Å². The molecule has 1 aromatic carbocycles. The number of nitrogens with one attached hydrogen (secondary N) is 2. The van der Waals surface area contributed by atoms with Gasteiger partial charge >= 0.3 is 6.03 Å². The van der Waals surface area contributed by atoms with E-state index < -0.39 is 0 Å². The van der Waals surface area contributed by atoms with Crippen molar-refractivity contribution in [3.63, 3.8) is 0 Å². The van der Waals surface area contributed by atoms with E-state index in [1.807, 2.05) is 43.0 Å². The van der Waals surface area contributed by atoms with Gasteiger partial charge in [0.25, 0.3) is 0 Å². The molecule has 0 radical (unpaired) electrons. The summed E-state index contributed by atoms with van der Waals surface area (Å²) in [6.45, 7) is 4.90. The van der Waals surface area contributed by atoms with E-state index in [1.54, 1.807) is 7.11 Å². The highest BCUT2D eigenvalue weighted by Crippen LogP contribution is 2.36. The molecule has 1 aromatic rings. The molecule has 0 saturated carbocycles. The predicted octanol–water partition coefficient (Wildman–Crippen LogP) is 3.80. The molecule has 5 heteroatoms. The van der Waals surface area contributed by atoms with Gasteiger partial charge in [-0.05, 0) is 50.1 Å². The van der Waals surface area contributed by atoms with Gasteiger partial charge in [-0.3, -0.25) is 0 Å². The van der Waals surface area contributed by atoms with Gasteiger partial charge in [0.2, 0.25) is 0 Å². The Balaban J connectivity index is 1.87. The van der Waals surface area contributed by atoms with Crippen LogP contribution in [0.25, 0.3) is 0 Å². The summed E-state index contributed by atoms with van der Waals surface area (Å²) >= 11 is 1.94. The number of carbonyl (C=O) groups excluding carboxylic acids is 1. The summed E-state index contributed by atoms with van der Waals surface area (Å²) in [5.41, 5.74) is 1.84. The summed E-state index contributed by atoms with van der Waals surface area (Å²) in [4.78, 5) is 12.0. The molecule has 1 fully saturated rings. The van der Waals surface area contributed by atoms with Crippen LogP contribution in [0.15, 0.2) is 24.3 Å². The third kappa shape index (κ3) is 4.64. The van der Waals surface area contributed by atoms with Gasteiger partial charge < -0.3 is 15.4 Å². The number of hydrogen-bond acceptors (Lipinski definition) is 3. The van der Waals surface area contributed by atoms with Crippen molar-refractivity contribution in [2.24, 2.45) is 0 Å². The van der Waals surface area contributed by atoms with Crippen molar-refractivity contribution in [3.8, 4) is 0 Å². The Bertz CT molecular complexity index is 487. The fourth-order valence-electron chi connectivity index (χ4n) is 2.42. The molecule has 2 rings (SSSR count). The third-order valence-corrected chi connectivity index (χ3v) is 5.43. The lowest BCUT2D eigenvalue weighted by atomic mass is 10.1. The van der Waals surface area contributed by atoms with Crippen molar-refractivity contribution in [1.82, 2.24) is 5.32 Å². The Kier molecular flexibility index (Phi) is 5.53. The molecular formula is C16H24N2O2S. The normalized spacial score (nSPS) is 22.8. The van der Waals surface area contributed by atoms with Gasteiger partial charge in [-0.15, -0.1) is 0 Å². The Morgan fingerprint density at radius 2 is 2.33 bits per heavy atom. The van der Waals surface area contributed by atoms with Crippen molar-refractivity contribution in [2.45, 2.75) is 37.5 Å². The third-order valence-electron chi connectivity index (χ3n) is 3.89. The second-order valence-electron chi connectivity index (χ2n) is 5.71. The number of rotatable bonds is 5. The van der Waals surface area contributed by atoms with Crippen LogP contribution in [0.5, 0.6) is 0 Å². The van der Waals surface area contributed by atoms with Crippen molar-refractivity contribution < 1.29 is 9.53 Å². The van der Waals surface area contributed by atoms with Gasteiger partial charge in [-0.1, -0.05) is 12.1 Å². The monoisotopic (exact) mass is 308 g/mol. The molecule has 0 bridgehead atoms. The Hall–Kier alpha value is -1.20. The van der Waals surface area contributed by atoms with Gasteiger partial charge in [0.1, 0.15) is 0 Å². The smallest absolute Gasteiger partial charge is 0.319 e. The summed E-state index contributed by atoms with van der Waals surface area (Å²) < 4.78 is 5.48. The Morgan fingerprint density at radius 1 is 1.52 bits per heavy atom. The van der Waals surface area contributed by atoms with Crippen molar-refractivity contribution in [1.29, 1.82) is 0 Å². The molecule has 4 nitrogen and oxygen atoms in total. The first kappa shape index (κ1) is 16.2. The van der Waals surface area contributed by atoms with Crippen LogP contribution >= 0.6 is 11.8 Å². The second-order valence-corrected chi connectivity index (χ2v) is 7.40. The number of anilines is 1. The standard InChI is InChI=1S/C16H24N2O2S/c1-12(20-3)13-6-4-7-14(10-13)18-15(19)17-11-16(2)8-5-9-21-16/h4,6-7,10,12H,5,8-9,11H2,1-3H3,(H2,17,18,19)/t12-,16-/m0/s1. The predicted molar refractivity (Wildman–Crippen MR) is 89.0 cm³/mol. The minimum atomic E-state index is -0.147. The van der Waals surface area contributed by atoms with E-state index in [1.165, 1.54) is 18.6 Å². The molecule has 2 N–H and O–H groups in total. The molecule has 21 heavy (non-hydrogen) atoms. The van der Waals surface area contributed by atoms with E-state index in [4.69, 9.17) is 4.74 Å². The zero-order valence-corrected chi connectivity index (χ0v) is 13.8. The van der Waals surface area contributed by atoms with Crippen LogP contribution in [-0.2, 0) is 4.74 Å². The van der Waals surface area contributed by atoms with Crippen LogP contribution in [0, 0.1) is 0 Å². The lowest BCUT2D eigenvalue weighted by Gasteiger charge is -2.23. The zero-order chi connectivity index (χ0) is 15.3. The summed E-state index contributed by atoms with van der Waals surface area (Å²) in [5, 5.41) is 5.86. The molecule has 0 aromatic heterocycles. The van der Waals surface area contributed by atoms with E-state index in [2.05, 4.69) is 17.6 Å².